The van der Waals surface area contributed by atoms with E-state index in [0.29, 0.717) is 29.4 Å². The second kappa shape index (κ2) is 8.89. The number of rotatable bonds is 7. The predicted octanol–water partition coefficient (Wildman–Crippen LogP) is 4.34. The zero-order valence-corrected chi connectivity index (χ0v) is 19.0. The van der Waals surface area contributed by atoms with Gasteiger partial charge >= 0.3 is 0 Å². The molecule has 0 spiro atoms. The van der Waals surface area contributed by atoms with Crippen molar-refractivity contribution in [1.29, 1.82) is 4.78 Å². The first-order valence-electron chi connectivity index (χ1n) is 9.27. The number of aromatic nitrogens is 3. The van der Waals surface area contributed by atoms with Gasteiger partial charge in [-0.1, -0.05) is 17.7 Å². The number of aryl methyl sites for hydroxylation is 1. The summed E-state index contributed by atoms with van der Waals surface area (Å²) in [6, 6.07) is 6.27. The maximum atomic E-state index is 13.8. The van der Waals surface area contributed by atoms with Gasteiger partial charge < -0.3 is 15.2 Å². The molecule has 166 valence electrons. The van der Waals surface area contributed by atoms with Gasteiger partial charge in [-0.3, -0.25) is 0 Å². The lowest BCUT2D eigenvalue weighted by Crippen LogP contribution is -2.16. The first kappa shape index (κ1) is 23.1. The van der Waals surface area contributed by atoms with Crippen LogP contribution < -0.4 is 5.32 Å². The molecule has 7 nitrogen and oxygen atoms in total. The topological polar surface area (TPSA) is 97.8 Å². The fourth-order valence-electron chi connectivity index (χ4n) is 3.07. The average molecular weight is 469 g/mol. The van der Waals surface area contributed by atoms with Gasteiger partial charge in [-0.25, -0.2) is 27.7 Å². The molecule has 2 unspecified atom stereocenters. The summed E-state index contributed by atoms with van der Waals surface area (Å²) in [5.74, 6) is -0.309. The van der Waals surface area contributed by atoms with E-state index in [2.05, 4.69) is 20.3 Å². The Morgan fingerprint density at radius 1 is 1.23 bits per heavy atom. The van der Waals surface area contributed by atoms with Crippen LogP contribution in [0.3, 0.4) is 0 Å². The Morgan fingerprint density at radius 2 is 1.90 bits per heavy atom. The highest BCUT2D eigenvalue weighted by Crippen LogP contribution is 2.29. The Labute approximate surface area is 184 Å². The molecular weight excluding hydrogens is 446 g/mol. The van der Waals surface area contributed by atoms with Crippen molar-refractivity contribution >= 4 is 27.1 Å². The number of H-pyrrole nitrogens is 1. The molecule has 0 amide bonds. The van der Waals surface area contributed by atoms with Gasteiger partial charge in [0.25, 0.3) is 0 Å². The summed E-state index contributed by atoms with van der Waals surface area (Å²) in [4.78, 5) is 13.6. The number of pyridine rings is 1. The van der Waals surface area contributed by atoms with Crippen molar-refractivity contribution in [3.8, 4) is 0 Å². The number of aromatic amines is 1. The summed E-state index contributed by atoms with van der Waals surface area (Å²) in [6.07, 6.45) is 1.30. The van der Waals surface area contributed by atoms with Crippen LogP contribution in [0.25, 0.3) is 0 Å². The van der Waals surface area contributed by atoms with E-state index in [1.165, 1.54) is 43.5 Å². The van der Waals surface area contributed by atoms with Gasteiger partial charge in [-0.05, 0) is 50.8 Å². The maximum Gasteiger partial charge on any atom is 0.158 e. The van der Waals surface area contributed by atoms with Crippen LogP contribution in [0.2, 0.25) is 5.02 Å². The van der Waals surface area contributed by atoms with Crippen molar-refractivity contribution < 1.29 is 13.0 Å². The third-order valence-corrected chi connectivity index (χ3v) is 5.83. The third kappa shape index (κ3) is 5.38. The number of imidazole rings is 1. The minimum atomic E-state index is -3.12. The summed E-state index contributed by atoms with van der Waals surface area (Å²) >= 11 is 5.99. The van der Waals surface area contributed by atoms with Gasteiger partial charge in [0.15, 0.2) is 5.03 Å². The van der Waals surface area contributed by atoms with Gasteiger partial charge in [-0.2, -0.15) is 0 Å². The SMILES string of the molecule is Cc1nc(NC(c2ccc(F)c(Cl)c2)c2nc(S(C)(=N)=O)c(CN(C)C)[nH]2)ccc1F. The molecule has 2 aromatic heterocycles. The molecule has 0 aliphatic carbocycles. The molecule has 11 heteroatoms. The first-order chi connectivity index (χ1) is 14.5. The molecule has 0 bridgehead atoms. The minimum Gasteiger partial charge on any atom is -0.356 e. The molecule has 1 aromatic carbocycles. The van der Waals surface area contributed by atoms with E-state index in [1.807, 2.05) is 19.0 Å². The number of hydrogen-bond acceptors (Lipinski definition) is 6. The van der Waals surface area contributed by atoms with Crippen LogP contribution in [0, 0.1) is 23.3 Å². The predicted molar refractivity (Wildman–Crippen MR) is 117 cm³/mol. The Bertz CT molecular complexity index is 1210. The van der Waals surface area contributed by atoms with E-state index in [0.717, 1.165) is 0 Å². The van der Waals surface area contributed by atoms with E-state index in [1.54, 1.807) is 0 Å². The molecule has 0 saturated carbocycles. The van der Waals surface area contributed by atoms with Crippen molar-refractivity contribution in [3.05, 3.63) is 69.8 Å². The second-order valence-corrected chi connectivity index (χ2v) is 9.98. The van der Waals surface area contributed by atoms with E-state index in [-0.39, 0.29) is 15.7 Å². The van der Waals surface area contributed by atoms with Crippen LogP contribution in [0.5, 0.6) is 0 Å². The van der Waals surface area contributed by atoms with E-state index < -0.39 is 27.4 Å². The van der Waals surface area contributed by atoms with Crippen LogP contribution in [-0.2, 0) is 16.3 Å². The van der Waals surface area contributed by atoms with Gasteiger partial charge in [0.05, 0.1) is 26.1 Å². The fourth-order valence-corrected chi connectivity index (χ4v) is 4.12. The maximum absolute atomic E-state index is 13.8. The molecule has 3 rings (SSSR count). The molecule has 3 N–H and O–H groups in total. The highest BCUT2D eigenvalue weighted by atomic mass is 35.5. The van der Waals surface area contributed by atoms with Crippen LogP contribution in [-0.4, -0.2) is 44.4 Å². The summed E-state index contributed by atoms with van der Waals surface area (Å²) in [7, 11) is 0.557. The van der Waals surface area contributed by atoms with Crippen LogP contribution >= 0.6 is 11.6 Å². The zero-order chi connectivity index (χ0) is 22.9. The van der Waals surface area contributed by atoms with Gasteiger partial charge in [0.1, 0.15) is 29.3 Å². The molecule has 0 fully saturated rings. The summed E-state index contributed by atoms with van der Waals surface area (Å²) in [5, 5.41) is 3.21. The molecule has 3 aromatic rings. The monoisotopic (exact) mass is 468 g/mol. The largest absolute Gasteiger partial charge is 0.356 e. The molecule has 0 aliphatic heterocycles. The van der Waals surface area contributed by atoms with Gasteiger partial charge in [0, 0.05) is 12.8 Å². The third-order valence-electron chi connectivity index (χ3n) is 4.47. The molecule has 0 aliphatic rings. The van der Waals surface area contributed by atoms with Crippen molar-refractivity contribution in [2.24, 2.45) is 0 Å². The Hall–Kier alpha value is -2.56. The molecule has 31 heavy (non-hydrogen) atoms. The average Bonchev–Trinajstić information content (AvgIpc) is 3.08. The minimum absolute atomic E-state index is 0.0763. The zero-order valence-electron chi connectivity index (χ0n) is 17.5. The number of anilines is 1. The highest BCUT2D eigenvalue weighted by Gasteiger charge is 2.25. The van der Waals surface area contributed by atoms with Crippen molar-refractivity contribution in [3.63, 3.8) is 0 Å². The lowest BCUT2D eigenvalue weighted by Gasteiger charge is -2.19. The van der Waals surface area contributed by atoms with Crippen molar-refractivity contribution in [1.82, 2.24) is 19.9 Å². The van der Waals surface area contributed by atoms with Crippen molar-refractivity contribution in [2.75, 3.05) is 25.7 Å². The number of benzene rings is 1. The fraction of sp³-hybridized carbons (Fsp3) is 0.300. The van der Waals surface area contributed by atoms with E-state index in [4.69, 9.17) is 16.4 Å². The first-order valence-corrected chi connectivity index (χ1v) is 11.6. The van der Waals surface area contributed by atoms with Gasteiger partial charge in [0.2, 0.25) is 0 Å². The Balaban J connectivity index is 2.14. The molecule has 2 atom stereocenters. The van der Waals surface area contributed by atoms with Crippen molar-refractivity contribution in [2.45, 2.75) is 24.5 Å². The second-order valence-electron chi connectivity index (χ2n) is 7.50. The molecule has 0 radical (unpaired) electrons. The smallest absolute Gasteiger partial charge is 0.158 e. The number of halogens is 3. The van der Waals surface area contributed by atoms with E-state index >= 15 is 0 Å². The van der Waals surface area contributed by atoms with Crippen LogP contribution in [0.4, 0.5) is 14.6 Å². The molecular formula is C20H23ClF2N6OS. The normalized spacial score (nSPS) is 14.5. The van der Waals surface area contributed by atoms with Gasteiger partial charge in [-0.15, -0.1) is 0 Å². The quantitative estimate of drug-likeness (QED) is 0.479. The summed E-state index contributed by atoms with van der Waals surface area (Å²) in [5.41, 5.74) is 1.29. The molecule has 0 saturated heterocycles. The summed E-state index contributed by atoms with van der Waals surface area (Å²) in [6.45, 7) is 1.92. The Kier molecular flexibility index (Phi) is 6.63. The number of nitrogens with one attached hydrogen (secondary N) is 3. The molecule has 2 heterocycles. The summed E-state index contributed by atoms with van der Waals surface area (Å²) < 4.78 is 48.0. The van der Waals surface area contributed by atoms with Crippen LogP contribution in [0.1, 0.15) is 28.8 Å². The lowest BCUT2D eigenvalue weighted by molar-refractivity contribution is 0.393. The van der Waals surface area contributed by atoms with Crippen LogP contribution in [0.15, 0.2) is 35.4 Å². The lowest BCUT2D eigenvalue weighted by atomic mass is 10.1. The standard InChI is InChI=1S/C20H23ClF2N6OS/c1-11-14(22)7-8-17(25-11)27-18(12-5-6-15(23)13(21)9-12)19-26-16(10-29(2)3)20(28-19)31(4,24)30/h5-9,18,24H,10H2,1-4H3,(H,25,27)(H,26,28). The highest BCUT2D eigenvalue weighted by molar-refractivity contribution is 7.91. The Morgan fingerprint density at radius 3 is 2.48 bits per heavy atom. The number of hydrogen-bond donors (Lipinski definition) is 3. The number of nitrogens with zero attached hydrogens (tertiary/aromatic N) is 3. The van der Waals surface area contributed by atoms with E-state index in [9.17, 15) is 13.0 Å².